The van der Waals surface area contributed by atoms with Crippen LogP contribution < -0.4 is 10.4 Å². The van der Waals surface area contributed by atoms with Gasteiger partial charge >= 0.3 is 13.5 Å². The average molecular weight is 384 g/mol. The minimum atomic E-state index is -3.41. The number of carbonyl (C=O) groups is 1. The fourth-order valence-electron chi connectivity index (χ4n) is 2.21. The lowest BCUT2D eigenvalue weighted by Crippen LogP contribution is -2.17. The number of anilines is 1. The molecular formula is C17H25N2O4PS. The van der Waals surface area contributed by atoms with Crippen molar-refractivity contribution < 1.29 is 18.6 Å². The van der Waals surface area contributed by atoms with Gasteiger partial charge in [-0.1, -0.05) is 31.5 Å². The van der Waals surface area contributed by atoms with Gasteiger partial charge < -0.3 is 9.26 Å². The molecule has 0 aliphatic carbocycles. The Bertz CT molecular complexity index is 789. The predicted octanol–water partition coefficient (Wildman–Crippen LogP) is 4.46. The third-order valence-electron chi connectivity index (χ3n) is 3.28. The molecule has 1 aromatic carbocycles. The topological polar surface area (TPSA) is 77.5 Å². The molecule has 0 spiro atoms. The lowest BCUT2D eigenvalue weighted by molar-refractivity contribution is 0.0607. The Balaban J connectivity index is 0.00000151. The summed E-state index contributed by atoms with van der Waals surface area (Å²) in [7, 11) is -0.751. The summed E-state index contributed by atoms with van der Waals surface area (Å²) in [5.41, 5.74) is 1.91. The number of aromatic nitrogens is 1. The summed E-state index contributed by atoms with van der Waals surface area (Å²) in [6.07, 6.45) is 0. The van der Waals surface area contributed by atoms with Crippen molar-refractivity contribution in [3.63, 3.8) is 0 Å². The number of nitrogens with zero attached hydrogens (tertiary/aromatic N) is 1. The highest BCUT2D eigenvalue weighted by atomic mass is 32.1. The number of hydrogen-bond acceptors (Lipinski definition) is 6. The van der Waals surface area contributed by atoms with E-state index in [0.717, 1.165) is 11.1 Å². The monoisotopic (exact) mass is 384 g/mol. The first-order valence-electron chi connectivity index (χ1n) is 7.88. The summed E-state index contributed by atoms with van der Waals surface area (Å²) in [5, 5.41) is 4.03. The van der Waals surface area contributed by atoms with Crippen molar-refractivity contribution in [2.75, 3.05) is 19.3 Å². The van der Waals surface area contributed by atoms with Crippen LogP contribution >= 0.6 is 18.9 Å². The second-order valence-corrected chi connectivity index (χ2v) is 8.41. The van der Waals surface area contributed by atoms with Crippen LogP contribution in [0.1, 0.15) is 39.7 Å². The van der Waals surface area contributed by atoms with E-state index in [2.05, 4.69) is 10.1 Å². The van der Waals surface area contributed by atoms with Gasteiger partial charge in [-0.2, -0.15) is 0 Å². The molecule has 1 aromatic heterocycles. The molecule has 1 heterocycles. The zero-order valence-corrected chi connectivity index (χ0v) is 17.4. The van der Waals surface area contributed by atoms with Crippen molar-refractivity contribution in [2.45, 2.75) is 34.6 Å². The van der Waals surface area contributed by atoms with Crippen LogP contribution in [0.4, 0.5) is 5.82 Å². The zero-order valence-electron chi connectivity index (χ0n) is 15.7. The highest BCUT2D eigenvalue weighted by Crippen LogP contribution is 2.46. The molecule has 0 aliphatic heterocycles. The Morgan fingerprint density at radius 2 is 1.84 bits per heavy atom. The number of hydrogen-bond donors (Lipinski definition) is 1. The Labute approximate surface area is 153 Å². The molecule has 0 fully saturated rings. The molecule has 138 valence electrons. The molecule has 1 unspecified atom stereocenters. The largest absolute Gasteiger partial charge is 0.465 e. The number of carbonyl (C=O) groups excluding carboxylic acids is 1. The van der Waals surface area contributed by atoms with Crippen molar-refractivity contribution >= 4 is 35.9 Å². The minimum Gasteiger partial charge on any atom is -0.465 e. The first kappa shape index (κ1) is 21.4. The molecule has 8 heteroatoms. The highest BCUT2D eigenvalue weighted by Gasteiger charge is 2.30. The van der Waals surface area contributed by atoms with Crippen LogP contribution in [-0.2, 0) is 13.8 Å². The number of ether oxygens (including phenoxy) is 1. The summed E-state index contributed by atoms with van der Waals surface area (Å²) < 4.78 is 23.3. The molecule has 25 heavy (non-hydrogen) atoms. The maximum absolute atomic E-state index is 13.2. The van der Waals surface area contributed by atoms with Crippen molar-refractivity contribution in [3.8, 4) is 0 Å². The molecule has 1 N–H and O–H groups in total. The number of methoxy groups -OCH3 is 1. The van der Waals surface area contributed by atoms with Crippen LogP contribution in [0.5, 0.6) is 0 Å². The molecule has 1 atom stereocenters. The van der Waals surface area contributed by atoms with Gasteiger partial charge in [0, 0.05) is 7.11 Å². The van der Waals surface area contributed by atoms with E-state index < -0.39 is 13.5 Å². The third kappa shape index (κ3) is 4.91. The number of thiazole rings is 1. The third-order valence-corrected chi connectivity index (χ3v) is 6.39. The van der Waals surface area contributed by atoms with E-state index in [1.807, 2.05) is 39.8 Å². The second kappa shape index (κ2) is 9.13. The van der Waals surface area contributed by atoms with Gasteiger partial charge in [0.1, 0.15) is 0 Å². The SMILES string of the molecule is CC.COC(=O)c1sc(C)nc1NP(=O)(OC)c1ccc(C)cc1C. The van der Waals surface area contributed by atoms with Crippen molar-refractivity contribution in [1.29, 1.82) is 0 Å². The van der Waals surface area contributed by atoms with E-state index in [0.29, 0.717) is 10.3 Å². The Morgan fingerprint density at radius 3 is 2.36 bits per heavy atom. The standard InChI is InChI=1S/C15H19N2O4PS.C2H6/c1-9-6-7-12(10(2)8-9)22(19,21-5)17-14-13(15(18)20-4)23-11(3)16-14;1-2/h6-8H,1-5H3,(H,17,19);1-2H3. The summed E-state index contributed by atoms with van der Waals surface area (Å²) in [6, 6.07) is 5.55. The van der Waals surface area contributed by atoms with Gasteiger partial charge in [0.2, 0.25) is 0 Å². The molecule has 0 amide bonds. The maximum Gasteiger partial charge on any atom is 0.351 e. The average Bonchev–Trinajstić information content (AvgIpc) is 2.95. The Kier molecular flexibility index (Phi) is 7.80. The van der Waals surface area contributed by atoms with E-state index >= 15 is 0 Å². The van der Waals surface area contributed by atoms with Gasteiger partial charge in [-0.25, -0.2) is 9.78 Å². The van der Waals surface area contributed by atoms with Gasteiger partial charge in [-0.05, 0) is 32.4 Å². The van der Waals surface area contributed by atoms with Gasteiger partial charge in [0.15, 0.2) is 10.7 Å². The van der Waals surface area contributed by atoms with Crippen LogP contribution in [0.3, 0.4) is 0 Å². The van der Waals surface area contributed by atoms with Crippen LogP contribution in [0.25, 0.3) is 0 Å². The summed E-state index contributed by atoms with van der Waals surface area (Å²) >= 11 is 1.18. The Morgan fingerprint density at radius 1 is 1.20 bits per heavy atom. The van der Waals surface area contributed by atoms with E-state index in [1.54, 1.807) is 13.0 Å². The van der Waals surface area contributed by atoms with Gasteiger partial charge in [-0.15, -0.1) is 11.3 Å². The molecule has 2 aromatic rings. The Hall–Kier alpha value is -1.69. The quantitative estimate of drug-likeness (QED) is 0.606. The lowest BCUT2D eigenvalue weighted by Gasteiger charge is -2.20. The van der Waals surface area contributed by atoms with E-state index in [1.165, 1.54) is 25.6 Å². The highest BCUT2D eigenvalue weighted by molar-refractivity contribution is 7.68. The van der Waals surface area contributed by atoms with E-state index in [-0.39, 0.29) is 10.7 Å². The maximum atomic E-state index is 13.2. The fraction of sp³-hybridized carbons (Fsp3) is 0.412. The lowest BCUT2D eigenvalue weighted by atomic mass is 10.2. The van der Waals surface area contributed by atoms with Gasteiger partial charge in [-0.3, -0.25) is 9.65 Å². The van der Waals surface area contributed by atoms with E-state index in [9.17, 15) is 9.36 Å². The van der Waals surface area contributed by atoms with Crippen molar-refractivity contribution in [3.05, 3.63) is 39.2 Å². The first-order valence-corrected chi connectivity index (χ1v) is 10.3. The molecule has 0 saturated carbocycles. The molecule has 6 nitrogen and oxygen atoms in total. The molecule has 0 aliphatic rings. The van der Waals surface area contributed by atoms with Crippen molar-refractivity contribution in [2.24, 2.45) is 0 Å². The summed E-state index contributed by atoms with van der Waals surface area (Å²) in [5.74, 6) is -0.314. The minimum absolute atomic E-state index is 0.213. The normalized spacial score (nSPS) is 12.6. The van der Waals surface area contributed by atoms with Gasteiger partial charge in [0.05, 0.1) is 17.4 Å². The second-order valence-electron chi connectivity index (χ2n) is 5.04. The molecule has 2 rings (SSSR count). The van der Waals surface area contributed by atoms with Crippen LogP contribution in [0.2, 0.25) is 0 Å². The van der Waals surface area contributed by atoms with Crippen LogP contribution in [0, 0.1) is 20.8 Å². The van der Waals surface area contributed by atoms with Gasteiger partial charge in [0.25, 0.3) is 0 Å². The van der Waals surface area contributed by atoms with Crippen LogP contribution in [0.15, 0.2) is 18.2 Å². The number of esters is 1. The predicted molar refractivity (Wildman–Crippen MR) is 103 cm³/mol. The smallest absolute Gasteiger partial charge is 0.351 e. The fourth-order valence-corrected chi connectivity index (χ4v) is 4.73. The molecular weight excluding hydrogens is 359 g/mol. The number of aryl methyl sites for hydroxylation is 3. The first-order chi connectivity index (χ1) is 11.8. The van der Waals surface area contributed by atoms with Crippen molar-refractivity contribution in [1.82, 2.24) is 4.98 Å². The number of rotatable bonds is 5. The zero-order chi connectivity index (χ0) is 19.2. The van der Waals surface area contributed by atoms with Crippen LogP contribution in [-0.4, -0.2) is 25.2 Å². The number of nitrogens with one attached hydrogen (secondary N) is 1. The number of benzene rings is 1. The summed E-state index contributed by atoms with van der Waals surface area (Å²) in [6.45, 7) is 9.58. The summed E-state index contributed by atoms with van der Waals surface area (Å²) in [4.78, 5) is 16.4. The van der Waals surface area contributed by atoms with E-state index in [4.69, 9.17) is 9.26 Å². The molecule has 0 saturated heterocycles. The molecule has 0 bridgehead atoms. The molecule has 0 radical (unpaired) electrons.